The molecule has 0 spiro atoms. The van der Waals surface area contributed by atoms with Gasteiger partial charge in [0.05, 0.1) is 18.8 Å². The minimum Gasteiger partial charge on any atom is -0.376 e. The number of ether oxygens (including phenoxy) is 1. The van der Waals surface area contributed by atoms with Gasteiger partial charge in [0.1, 0.15) is 6.07 Å². The van der Waals surface area contributed by atoms with Crippen molar-refractivity contribution in [3.63, 3.8) is 0 Å². The van der Waals surface area contributed by atoms with Gasteiger partial charge in [-0.1, -0.05) is 30.3 Å². The summed E-state index contributed by atoms with van der Waals surface area (Å²) in [4.78, 5) is 2.93. The summed E-state index contributed by atoms with van der Waals surface area (Å²) in [6, 6.07) is 12.2. The second-order valence-electron chi connectivity index (χ2n) is 3.79. The molecule has 3 nitrogen and oxygen atoms in total. The summed E-state index contributed by atoms with van der Waals surface area (Å²) >= 11 is 0. The van der Waals surface area contributed by atoms with Gasteiger partial charge < -0.3 is 9.72 Å². The fourth-order valence-electron chi connectivity index (χ4n) is 1.65. The zero-order chi connectivity index (χ0) is 11.9. The topological polar surface area (TPSA) is 48.8 Å². The fourth-order valence-corrected chi connectivity index (χ4v) is 1.65. The quantitative estimate of drug-likeness (QED) is 0.797. The van der Waals surface area contributed by atoms with Gasteiger partial charge in [0.2, 0.25) is 0 Å². The Labute approximate surface area is 101 Å². The molecule has 2 rings (SSSR count). The average Bonchev–Trinajstić information content (AvgIpc) is 2.83. The van der Waals surface area contributed by atoms with E-state index in [2.05, 4.69) is 11.1 Å². The smallest absolute Gasteiger partial charge is 0.101 e. The first-order valence-electron chi connectivity index (χ1n) is 5.57. The summed E-state index contributed by atoms with van der Waals surface area (Å²) in [6.07, 6.45) is 4.33. The molecule has 0 aliphatic carbocycles. The van der Waals surface area contributed by atoms with E-state index in [0.29, 0.717) is 18.8 Å². The molecule has 1 aromatic carbocycles. The van der Waals surface area contributed by atoms with Gasteiger partial charge in [-0.15, -0.1) is 0 Å². The number of benzene rings is 1. The van der Waals surface area contributed by atoms with Crippen LogP contribution in [0, 0.1) is 11.3 Å². The highest BCUT2D eigenvalue weighted by Gasteiger charge is 2.02. The highest BCUT2D eigenvalue weighted by atomic mass is 16.5. The summed E-state index contributed by atoms with van der Waals surface area (Å²) in [5, 5.41) is 8.83. The van der Waals surface area contributed by atoms with Gasteiger partial charge in [0.25, 0.3) is 0 Å². The van der Waals surface area contributed by atoms with E-state index < -0.39 is 0 Å². The Balaban J connectivity index is 1.76. The van der Waals surface area contributed by atoms with Crippen molar-refractivity contribution in [3.05, 3.63) is 59.4 Å². The van der Waals surface area contributed by atoms with Crippen LogP contribution in [0.3, 0.4) is 0 Å². The van der Waals surface area contributed by atoms with Crippen molar-refractivity contribution in [2.24, 2.45) is 0 Å². The highest BCUT2D eigenvalue weighted by molar-refractivity contribution is 5.34. The van der Waals surface area contributed by atoms with Crippen molar-refractivity contribution in [2.45, 2.75) is 13.0 Å². The summed E-state index contributed by atoms with van der Waals surface area (Å²) < 4.78 is 5.57. The number of H-pyrrole nitrogens is 1. The van der Waals surface area contributed by atoms with Gasteiger partial charge in [-0.05, 0) is 17.5 Å². The third-order valence-electron chi connectivity index (χ3n) is 2.58. The molecule has 0 fully saturated rings. The van der Waals surface area contributed by atoms with Crippen LogP contribution in [0.5, 0.6) is 0 Å². The van der Waals surface area contributed by atoms with Crippen LogP contribution in [-0.2, 0) is 17.8 Å². The molecule has 1 heterocycles. The molecule has 0 atom stereocenters. The van der Waals surface area contributed by atoms with Crippen LogP contribution < -0.4 is 0 Å². The molecule has 0 aliphatic heterocycles. The van der Waals surface area contributed by atoms with Crippen molar-refractivity contribution in [2.75, 3.05) is 6.61 Å². The molecule has 0 unspecified atom stereocenters. The lowest BCUT2D eigenvalue weighted by Gasteiger charge is -2.03. The van der Waals surface area contributed by atoms with Crippen LogP contribution in [0.4, 0.5) is 0 Å². The molecule has 17 heavy (non-hydrogen) atoms. The number of hydrogen-bond acceptors (Lipinski definition) is 2. The van der Waals surface area contributed by atoms with Crippen molar-refractivity contribution in [3.8, 4) is 6.07 Å². The number of rotatable bonds is 5. The van der Waals surface area contributed by atoms with E-state index in [1.807, 2.05) is 36.5 Å². The van der Waals surface area contributed by atoms with E-state index in [1.54, 1.807) is 6.20 Å². The Morgan fingerprint density at radius 2 is 2.00 bits per heavy atom. The van der Waals surface area contributed by atoms with E-state index in [4.69, 9.17) is 10.00 Å². The minimum absolute atomic E-state index is 0.618. The van der Waals surface area contributed by atoms with Gasteiger partial charge in [-0.2, -0.15) is 5.26 Å². The van der Waals surface area contributed by atoms with E-state index in [9.17, 15) is 0 Å². The van der Waals surface area contributed by atoms with Gasteiger partial charge >= 0.3 is 0 Å². The van der Waals surface area contributed by atoms with E-state index in [-0.39, 0.29) is 0 Å². The van der Waals surface area contributed by atoms with Crippen molar-refractivity contribution in [1.29, 1.82) is 5.26 Å². The lowest BCUT2D eigenvalue weighted by Crippen LogP contribution is -1.99. The SMILES string of the molecule is N#Cc1c[nH]cc1CCOCc1ccccc1. The molecule has 0 saturated heterocycles. The Kier molecular flexibility index (Phi) is 3.95. The van der Waals surface area contributed by atoms with Gasteiger partial charge in [-0.25, -0.2) is 0 Å². The zero-order valence-electron chi connectivity index (χ0n) is 9.52. The van der Waals surface area contributed by atoms with E-state index in [1.165, 1.54) is 5.56 Å². The molecule has 3 heteroatoms. The Morgan fingerprint density at radius 1 is 1.18 bits per heavy atom. The molecule has 86 valence electrons. The maximum absolute atomic E-state index is 8.83. The van der Waals surface area contributed by atoms with Crippen LogP contribution in [-0.4, -0.2) is 11.6 Å². The predicted molar refractivity (Wildman–Crippen MR) is 65.3 cm³/mol. The lowest BCUT2D eigenvalue weighted by molar-refractivity contribution is 0.124. The van der Waals surface area contributed by atoms with Gasteiger partial charge in [0.15, 0.2) is 0 Å². The first kappa shape index (κ1) is 11.4. The van der Waals surface area contributed by atoms with E-state index in [0.717, 1.165) is 12.0 Å². The number of aromatic amines is 1. The summed E-state index contributed by atoms with van der Waals surface area (Å²) in [6.45, 7) is 1.24. The maximum Gasteiger partial charge on any atom is 0.101 e. The predicted octanol–water partition coefficient (Wildman–Crippen LogP) is 2.65. The molecular weight excluding hydrogens is 212 g/mol. The first-order valence-corrected chi connectivity index (χ1v) is 5.57. The van der Waals surface area contributed by atoms with Crippen LogP contribution in [0.15, 0.2) is 42.7 Å². The second-order valence-corrected chi connectivity index (χ2v) is 3.79. The molecule has 1 aromatic heterocycles. The van der Waals surface area contributed by atoms with Crippen molar-refractivity contribution < 1.29 is 4.74 Å². The first-order chi connectivity index (χ1) is 8.40. The number of nitrogens with one attached hydrogen (secondary N) is 1. The average molecular weight is 226 g/mol. The molecule has 2 aromatic rings. The number of aromatic nitrogens is 1. The fraction of sp³-hybridized carbons (Fsp3) is 0.214. The number of nitriles is 1. The third-order valence-corrected chi connectivity index (χ3v) is 2.58. The lowest BCUT2D eigenvalue weighted by atomic mass is 10.1. The molecule has 0 aliphatic rings. The highest BCUT2D eigenvalue weighted by Crippen LogP contribution is 2.08. The molecule has 0 bridgehead atoms. The number of hydrogen-bond donors (Lipinski definition) is 1. The molecule has 0 saturated carbocycles. The molecular formula is C14H14N2O. The largest absolute Gasteiger partial charge is 0.376 e. The monoisotopic (exact) mass is 226 g/mol. The maximum atomic E-state index is 8.83. The van der Waals surface area contributed by atoms with Crippen molar-refractivity contribution >= 4 is 0 Å². The minimum atomic E-state index is 0.618. The van der Waals surface area contributed by atoms with Crippen LogP contribution >= 0.6 is 0 Å². The van der Waals surface area contributed by atoms with Gasteiger partial charge in [0, 0.05) is 12.4 Å². The van der Waals surface area contributed by atoms with Crippen LogP contribution in [0.2, 0.25) is 0 Å². The van der Waals surface area contributed by atoms with Gasteiger partial charge in [-0.3, -0.25) is 0 Å². The van der Waals surface area contributed by atoms with Crippen molar-refractivity contribution in [1.82, 2.24) is 4.98 Å². The van der Waals surface area contributed by atoms with Crippen LogP contribution in [0.1, 0.15) is 16.7 Å². The Hall–Kier alpha value is -2.05. The zero-order valence-corrected chi connectivity index (χ0v) is 9.52. The second kappa shape index (κ2) is 5.88. The van der Waals surface area contributed by atoms with Crippen LogP contribution in [0.25, 0.3) is 0 Å². The third kappa shape index (κ3) is 3.20. The molecule has 0 radical (unpaired) electrons. The molecule has 0 amide bonds. The Morgan fingerprint density at radius 3 is 2.76 bits per heavy atom. The van der Waals surface area contributed by atoms with E-state index >= 15 is 0 Å². The summed E-state index contributed by atoms with van der Waals surface area (Å²) in [7, 11) is 0. The standard InChI is InChI=1S/C14H14N2O/c15-8-14-10-16-9-13(14)6-7-17-11-12-4-2-1-3-5-12/h1-5,9-10,16H,6-7,11H2. The summed E-state index contributed by atoms with van der Waals surface area (Å²) in [5.41, 5.74) is 2.89. The number of nitrogens with zero attached hydrogens (tertiary/aromatic N) is 1. The summed E-state index contributed by atoms with van der Waals surface area (Å²) in [5.74, 6) is 0. The normalized spacial score (nSPS) is 10.1. The molecule has 1 N–H and O–H groups in total. The Bertz CT molecular complexity index is 496.